The minimum atomic E-state index is -1.55. The molecule has 0 saturated carbocycles. The number of aryl methyl sites for hydroxylation is 1. The van der Waals surface area contributed by atoms with E-state index in [0.717, 1.165) is 23.5 Å². The Morgan fingerprint density at radius 1 is 1.18 bits per heavy atom. The van der Waals surface area contributed by atoms with Crippen molar-refractivity contribution in [1.82, 2.24) is 4.90 Å². The van der Waals surface area contributed by atoms with Crippen LogP contribution in [0.3, 0.4) is 0 Å². The molecule has 0 aromatic heterocycles. The van der Waals surface area contributed by atoms with Gasteiger partial charge in [0.25, 0.3) is 0 Å². The Balaban J connectivity index is 2.38. The number of ketones is 2. The number of hydrogen-bond acceptors (Lipinski definition) is 9. The molecule has 1 aliphatic heterocycles. The lowest BCUT2D eigenvalue weighted by atomic mass is 9.92. The highest BCUT2D eigenvalue weighted by atomic mass is 16.6. The summed E-state index contributed by atoms with van der Waals surface area (Å²) in [4.78, 5) is 65.2. The first-order valence-electron chi connectivity index (χ1n) is 12.7. The van der Waals surface area contributed by atoms with Crippen molar-refractivity contribution in [3.8, 4) is 0 Å². The quantitative estimate of drug-likeness (QED) is 0.218. The number of esters is 1. The molecule has 208 valence electrons. The highest BCUT2D eigenvalue weighted by molar-refractivity contribution is 6.25. The molecule has 1 saturated heterocycles. The zero-order valence-corrected chi connectivity index (χ0v) is 22.6. The Labute approximate surface area is 222 Å². The minimum absolute atomic E-state index is 0.0368. The number of cyclic esters (lactones) is 1. The number of carbonyl (C=O) groups excluding carboxylic acids is 5. The third-order valence-electron chi connectivity index (χ3n) is 6.17. The molecular formula is C28H37NO9. The Morgan fingerprint density at radius 2 is 1.89 bits per heavy atom. The largest absolute Gasteiger partial charge is 0.453 e. The van der Waals surface area contributed by atoms with Crippen molar-refractivity contribution < 1.29 is 43.3 Å². The van der Waals surface area contributed by atoms with Crippen LogP contribution in [0.25, 0.3) is 5.57 Å². The van der Waals surface area contributed by atoms with E-state index in [1.165, 1.54) is 6.92 Å². The van der Waals surface area contributed by atoms with E-state index in [9.17, 15) is 24.0 Å². The highest BCUT2D eigenvalue weighted by Gasteiger charge is 2.44. The van der Waals surface area contributed by atoms with Crippen LogP contribution in [0.5, 0.6) is 0 Å². The third kappa shape index (κ3) is 8.32. The second-order valence-corrected chi connectivity index (χ2v) is 9.61. The van der Waals surface area contributed by atoms with Crippen LogP contribution >= 0.6 is 0 Å². The van der Waals surface area contributed by atoms with Crippen molar-refractivity contribution in [2.45, 2.75) is 59.6 Å². The number of allylic oxidation sites excluding steroid dienone is 1. The van der Waals surface area contributed by atoms with Crippen LogP contribution in [0.15, 0.2) is 30.3 Å². The average Bonchev–Trinajstić information content (AvgIpc) is 3.26. The zero-order valence-electron chi connectivity index (χ0n) is 22.6. The molecule has 1 fully saturated rings. The Bertz CT molecular complexity index is 1060. The number of hydrogen-bond donors (Lipinski definition) is 1. The first-order valence-corrected chi connectivity index (χ1v) is 12.7. The summed E-state index contributed by atoms with van der Waals surface area (Å²) >= 11 is 0. The Morgan fingerprint density at radius 3 is 2.50 bits per heavy atom. The number of nitrogens with zero attached hydrogens (tertiary/aromatic N) is 1. The molecule has 0 spiro atoms. The summed E-state index contributed by atoms with van der Waals surface area (Å²) in [5.74, 6) is -3.88. The lowest BCUT2D eigenvalue weighted by Gasteiger charge is -2.28. The van der Waals surface area contributed by atoms with E-state index < -0.39 is 41.8 Å². The van der Waals surface area contributed by atoms with Crippen molar-refractivity contribution in [3.05, 3.63) is 41.5 Å². The maximum Gasteiger partial charge on any atom is 0.416 e. The number of Topliss-reactive ketones (excluding diaryl/α,β-unsaturated/α-hetero) is 1. The van der Waals surface area contributed by atoms with E-state index in [1.807, 2.05) is 26.8 Å². The van der Waals surface area contributed by atoms with Crippen LogP contribution in [0, 0.1) is 18.8 Å². The molecule has 1 aromatic rings. The molecule has 3 unspecified atom stereocenters. The standard InChI is InChI=1S/C28H37NO9/c1-17(2)23-16-37-28(35)29(23)27(34)19(4)26(38-20(5)31)25(33)15-22(21-9-6-8-18(3)14-21)24(32)10-7-12-36-13-11-30/h6,8-9,14-15,17,19,23,26,30H,7,10-13,16H2,1-5H3. The molecule has 2 amide bonds. The zero-order chi connectivity index (χ0) is 28.4. The SMILES string of the molecule is CC(=O)OC(C(=O)C=C(C(=O)CCCOCCO)c1cccc(C)c1)C(C)C(=O)N1C(=O)OCC1C(C)C. The van der Waals surface area contributed by atoms with Crippen molar-refractivity contribution in [3.63, 3.8) is 0 Å². The van der Waals surface area contributed by atoms with Crippen LogP contribution < -0.4 is 0 Å². The molecule has 1 aromatic carbocycles. The topological polar surface area (TPSA) is 137 Å². The Kier molecular flexibility index (Phi) is 11.8. The number of rotatable bonds is 14. The molecule has 2 rings (SSSR count). The van der Waals surface area contributed by atoms with Crippen LogP contribution in [-0.4, -0.2) is 78.1 Å². The number of carbonyl (C=O) groups is 5. The first-order chi connectivity index (χ1) is 18.0. The second-order valence-electron chi connectivity index (χ2n) is 9.61. The van der Waals surface area contributed by atoms with Crippen LogP contribution in [-0.2, 0) is 33.4 Å². The van der Waals surface area contributed by atoms with Crippen molar-refractivity contribution in [1.29, 1.82) is 0 Å². The van der Waals surface area contributed by atoms with Gasteiger partial charge in [-0.2, -0.15) is 0 Å². The van der Waals surface area contributed by atoms with Gasteiger partial charge in [0.15, 0.2) is 17.7 Å². The van der Waals surface area contributed by atoms with Gasteiger partial charge in [0, 0.05) is 25.5 Å². The van der Waals surface area contributed by atoms with E-state index >= 15 is 0 Å². The maximum atomic E-state index is 13.5. The van der Waals surface area contributed by atoms with Gasteiger partial charge in [0.1, 0.15) is 6.61 Å². The molecule has 1 N–H and O–H groups in total. The molecule has 1 aliphatic rings. The van der Waals surface area contributed by atoms with Crippen molar-refractivity contribution >= 4 is 35.1 Å². The molecule has 3 atom stereocenters. The molecule has 38 heavy (non-hydrogen) atoms. The van der Waals surface area contributed by atoms with Crippen LogP contribution in [0.4, 0.5) is 4.79 Å². The first kappa shape index (κ1) is 30.9. The summed E-state index contributed by atoms with van der Waals surface area (Å²) in [6, 6.07) is 6.52. The summed E-state index contributed by atoms with van der Waals surface area (Å²) in [7, 11) is 0. The molecule has 10 heteroatoms. The molecule has 0 bridgehead atoms. The van der Waals surface area contributed by atoms with E-state index in [0.29, 0.717) is 12.0 Å². The third-order valence-corrected chi connectivity index (χ3v) is 6.17. The van der Waals surface area contributed by atoms with Crippen LogP contribution in [0.2, 0.25) is 0 Å². The summed E-state index contributed by atoms with van der Waals surface area (Å²) in [6.07, 6.45) is -0.830. The number of amides is 2. The van der Waals surface area contributed by atoms with Gasteiger partial charge in [0.2, 0.25) is 5.91 Å². The van der Waals surface area contributed by atoms with Gasteiger partial charge in [-0.05, 0) is 37.8 Å². The maximum absolute atomic E-state index is 13.5. The highest BCUT2D eigenvalue weighted by Crippen LogP contribution is 2.26. The van der Waals surface area contributed by atoms with Gasteiger partial charge in [-0.3, -0.25) is 19.2 Å². The van der Waals surface area contributed by atoms with E-state index in [2.05, 4.69) is 0 Å². The molecule has 1 heterocycles. The number of benzene rings is 1. The molecule has 10 nitrogen and oxygen atoms in total. The number of ether oxygens (including phenoxy) is 3. The number of aliphatic hydroxyl groups is 1. The fraction of sp³-hybridized carbons (Fsp3) is 0.536. The summed E-state index contributed by atoms with van der Waals surface area (Å²) < 4.78 is 15.5. The second kappa shape index (κ2) is 14.5. The lowest BCUT2D eigenvalue weighted by Crippen LogP contribution is -2.48. The van der Waals surface area contributed by atoms with Gasteiger partial charge in [-0.1, -0.05) is 43.7 Å². The molecule has 0 aliphatic carbocycles. The van der Waals surface area contributed by atoms with Gasteiger partial charge < -0.3 is 19.3 Å². The summed E-state index contributed by atoms with van der Waals surface area (Å²) in [5, 5.41) is 8.83. The predicted octanol–water partition coefficient (Wildman–Crippen LogP) is 2.88. The number of aliphatic hydroxyl groups excluding tert-OH is 1. The van der Waals surface area contributed by atoms with E-state index in [-0.39, 0.29) is 50.1 Å². The van der Waals surface area contributed by atoms with E-state index in [1.54, 1.807) is 18.2 Å². The normalized spacial score (nSPS) is 17.2. The van der Waals surface area contributed by atoms with Gasteiger partial charge in [0.05, 0.1) is 25.2 Å². The molecule has 0 radical (unpaired) electrons. The van der Waals surface area contributed by atoms with Gasteiger partial charge >= 0.3 is 12.1 Å². The van der Waals surface area contributed by atoms with Crippen molar-refractivity contribution in [2.24, 2.45) is 11.8 Å². The van der Waals surface area contributed by atoms with Gasteiger partial charge in [-0.25, -0.2) is 9.69 Å². The molecular weight excluding hydrogens is 494 g/mol. The lowest BCUT2D eigenvalue weighted by molar-refractivity contribution is -0.158. The number of imide groups is 1. The monoisotopic (exact) mass is 531 g/mol. The van der Waals surface area contributed by atoms with E-state index in [4.69, 9.17) is 19.3 Å². The van der Waals surface area contributed by atoms with Gasteiger partial charge in [-0.15, -0.1) is 0 Å². The minimum Gasteiger partial charge on any atom is -0.453 e. The fourth-order valence-corrected chi connectivity index (χ4v) is 4.11. The predicted molar refractivity (Wildman–Crippen MR) is 138 cm³/mol. The Hall–Kier alpha value is -3.37. The smallest absolute Gasteiger partial charge is 0.416 e. The van der Waals surface area contributed by atoms with Crippen LogP contribution in [0.1, 0.15) is 51.7 Å². The van der Waals surface area contributed by atoms with Crippen molar-refractivity contribution in [2.75, 3.05) is 26.4 Å². The fourth-order valence-electron chi connectivity index (χ4n) is 4.11. The summed E-state index contributed by atoms with van der Waals surface area (Å²) in [5.41, 5.74) is 1.48. The average molecular weight is 532 g/mol. The summed E-state index contributed by atoms with van der Waals surface area (Å²) in [6.45, 7) is 8.36.